The maximum absolute atomic E-state index is 13.7. The maximum atomic E-state index is 13.7. The minimum absolute atomic E-state index is 0.589. The van der Waals surface area contributed by atoms with Crippen LogP contribution in [0.5, 0.6) is 0 Å². The molecule has 4 rings (SSSR count). The molecule has 0 aromatic heterocycles. The van der Waals surface area contributed by atoms with Crippen molar-refractivity contribution in [3.8, 4) is 6.07 Å². The first kappa shape index (κ1) is 20.7. The van der Waals surface area contributed by atoms with Crippen LogP contribution in [0.15, 0.2) is 48.5 Å². The first-order chi connectivity index (χ1) is 14.4. The number of benzene rings is 2. The molecule has 30 heavy (non-hydrogen) atoms. The molecule has 0 aliphatic carbocycles. The van der Waals surface area contributed by atoms with Gasteiger partial charge in [0.1, 0.15) is 12.3 Å². The number of rotatable bonds is 4. The first-order valence-electron chi connectivity index (χ1n) is 10.4. The highest BCUT2D eigenvalue weighted by molar-refractivity contribution is 6.64. The summed E-state index contributed by atoms with van der Waals surface area (Å²) in [6.07, 6.45) is 0. The Labute approximate surface area is 178 Å². The van der Waals surface area contributed by atoms with E-state index in [1.54, 1.807) is 6.92 Å². The van der Waals surface area contributed by atoms with Gasteiger partial charge in [-0.1, -0.05) is 18.2 Å². The fraction of sp³-hybridized carbons (Fsp3) is 0.435. The molecule has 0 amide bonds. The highest BCUT2D eigenvalue weighted by Gasteiger charge is 2.55. The average Bonchev–Trinajstić information content (AvgIpc) is 3.03. The molecular weight excluding hydrogens is 380 g/mol. The predicted octanol–water partition coefficient (Wildman–Crippen LogP) is 3.13. The summed E-state index contributed by atoms with van der Waals surface area (Å²) in [6, 6.07) is 17.9. The van der Waals surface area contributed by atoms with Crippen molar-refractivity contribution >= 4 is 24.0 Å². The highest BCUT2D eigenvalue weighted by atomic mass is 19.1. The van der Waals surface area contributed by atoms with Gasteiger partial charge in [-0.3, -0.25) is 0 Å². The minimum Gasteiger partial charge on any atom is -0.399 e. The van der Waals surface area contributed by atoms with Crippen LogP contribution in [-0.2, 0) is 9.31 Å². The van der Waals surface area contributed by atoms with Gasteiger partial charge in [0.05, 0.1) is 17.2 Å². The van der Waals surface area contributed by atoms with Crippen molar-refractivity contribution in [1.82, 2.24) is 0 Å². The molecule has 1 atom stereocenters. The van der Waals surface area contributed by atoms with Crippen molar-refractivity contribution < 1.29 is 13.7 Å². The zero-order chi connectivity index (χ0) is 21.4. The lowest BCUT2D eigenvalue weighted by molar-refractivity contribution is -0.0260. The third-order valence-electron chi connectivity index (χ3n) is 6.47. The van der Waals surface area contributed by atoms with Crippen LogP contribution in [0.25, 0.3) is 0 Å². The molecular formula is C23H27BFN3O2. The Morgan fingerprint density at radius 1 is 0.967 bits per heavy atom. The maximum Gasteiger partial charge on any atom is 0.497 e. The van der Waals surface area contributed by atoms with Crippen molar-refractivity contribution in [3.05, 3.63) is 54.1 Å². The molecule has 2 aliphatic rings. The summed E-state index contributed by atoms with van der Waals surface area (Å²) in [4.78, 5) is 4.66. The van der Waals surface area contributed by atoms with E-state index in [1.807, 2.05) is 56.3 Å². The number of para-hydroxylation sites is 1. The third kappa shape index (κ3) is 3.66. The largest absolute Gasteiger partial charge is 0.497 e. The standard InChI is InChI=1S/C23H27BFN3O2/c1-22(2)23(3,17-25)30-24(29-22)20-6-4-5-7-21(20)28-14-12-27(13-15-28)19-10-8-18(16-26)9-11-19/h4-11H,12-15,17H2,1-3H3. The number of anilines is 2. The summed E-state index contributed by atoms with van der Waals surface area (Å²) in [5, 5.41) is 8.98. The second-order valence-electron chi connectivity index (χ2n) is 8.63. The summed E-state index contributed by atoms with van der Waals surface area (Å²) in [5.74, 6) is 0. The van der Waals surface area contributed by atoms with Crippen LogP contribution < -0.4 is 15.3 Å². The molecule has 2 aliphatic heterocycles. The molecule has 0 radical (unpaired) electrons. The van der Waals surface area contributed by atoms with Gasteiger partial charge in [0, 0.05) is 43.0 Å². The van der Waals surface area contributed by atoms with Gasteiger partial charge in [-0.15, -0.1) is 0 Å². The Bertz CT molecular complexity index is 938. The van der Waals surface area contributed by atoms with E-state index in [0.717, 1.165) is 43.0 Å². The van der Waals surface area contributed by atoms with Crippen LogP contribution in [0.3, 0.4) is 0 Å². The molecule has 2 fully saturated rings. The normalized spacial score (nSPS) is 23.5. The summed E-state index contributed by atoms with van der Waals surface area (Å²) >= 11 is 0. The lowest BCUT2D eigenvalue weighted by Crippen LogP contribution is -2.49. The molecule has 0 saturated carbocycles. The zero-order valence-corrected chi connectivity index (χ0v) is 17.8. The topological polar surface area (TPSA) is 48.7 Å². The number of hydrogen-bond donors (Lipinski definition) is 0. The van der Waals surface area contributed by atoms with Gasteiger partial charge in [-0.25, -0.2) is 4.39 Å². The van der Waals surface area contributed by atoms with Crippen molar-refractivity contribution in [2.24, 2.45) is 0 Å². The molecule has 2 saturated heterocycles. The molecule has 2 heterocycles. The quantitative estimate of drug-likeness (QED) is 0.729. The highest BCUT2D eigenvalue weighted by Crippen LogP contribution is 2.38. The lowest BCUT2D eigenvalue weighted by Gasteiger charge is -2.38. The predicted molar refractivity (Wildman–Crippen MR) is 118 cm³/mol. The van der Waals surface area contributed by atoms with Crippen molar-refractivity contribution in [2.75, 3.05) is 42.7 Å². The van der Waals surface area contributed by atoms with Crippen molar-refractivity contribution in [1.29, 1.82) is 5.26 Å². The second-order valence-corrected chi connectivity index (χ2v) is 8.63. The van der Waals surface area contributed by atoms with Gasteiger partial charge in [-0.2, -0.15) is 5.26 Å². The first-order valence-corrected chi connectivity index (χ1v) is 10.4. The molecule has 0 spiro atoms. The van der Waals surface area contributed by atoms with Gasteiger partial charge < -0.3 is 19.1 Å². The van der Waals surface area contributed by atoms with Gasteiger partial charge in [0.25, 0.3) is 0 Å². The molecule has 156 valence electrons. The summed E-state index contributed by atoms with van der Waals surface area (Å²) in [6.45, 7) is 8.40. The van der Waals surface area contributed by atoms with Crippen LogP contribution in [0, 0.1) is 11.3 Å². The molecule has 7 heteroatoms. The summed E-state index contributed by atoms with van der Waals surface area (Å²) in [7, 11) is -0.589. The number of hydrogen-bond acceptors (Lipinski definition) is 5. The van der Waals surface area contributed by atoms with Gasteiger partial charge in [-0.05, 0) is 51.1 Å². The molecule has 2 aromatic rings. The summed E-state index contributed by atoms with van der Waals surface area (Å²) in [5.41, 5.74) is 2.12. The Hall–Kier alpha value is -2.56. The molecule has 0 N–H and O–H groups in total. The lowest BCUT2D eigenvalue weighted by atomic mass is 9.77. The Morgan fingerprint density at radius 2 is 1.60 bits per heavy atom. The smallest absolute Gasteiger partial charge is 0.399 e. The fourth-order valence-electron chi connectivity index (χ4n) is 4.04. The zero-order valence-electron chi connectivity index (χ0n) is 17.8. The van der Waals surface area contributed by atoms with Crippen LogP contribution in [0.1, 0.15) is 26.3 Å². The van der Waals surface area contributed by atoms with Crippen LogP contribution in [-0.4, -0.2) is 51.2 Å². The molecule has 5 nitrogen and oxygen atoms in total. The van der Waals surface area contributed by atoms with E-state index in [-0.39, 0.29) is 0 Å². The molecule has 0 bridgehead atoms. The number of alkyl halides is 1. The van der Waals surface area contributed by atoms with Gasteiger partial charge in [0.15, 0.2) is 0 Å². The van der Waals surface area contributed by atoms with E-state index in [2.05, 4.69) is 21.9 Å². The van der Waals surface area contributed by atoms with E-state index in [1.165, 1.54) is 0 Å². The summed E-state index contributed by atoms with van der Waals surface area (Å²) < 4.78 is 26.0. The van der Waals surface area contributed by atoms with Crippen LogP contribution >= 0.6 is 0 Å². The fourth-order valence-corrected chi connectivity index (χ4v) is 4.04. The van der Waals surface area contributed by atoms with E-state index >= 15 is 0 Å². The molecule has 1 unspecified atom stereocenters. The number of halogens is 1. The third-order valence-corrected chi connectivity index (χ3v) is 6.47. The van der Waals surface area contributed by atoms with Gasteiger partial charge >= 0.3 is 7.12 Å². The van der Waals surface area contributed by atoms with Gasteiger partial charge in [0.2, 0.25) is 0 Å². The van der Waals surface area contributed by atoms with Crippen LogP contribution in [0.2, 0.25) is 0 Å². The van der Waals surface area contributed by atoms with Crippen molar-refractivity contribution in [2.45, 2.75) is 32.0 Å². The molecule has 2 aromatic carbocycles. The monoisotopic (exact) mass is 407 g/mol. The SMILES string of the molecule is CC1(C)OB(c2ccccc2N2CCN(c3ccc(C#N)cc3)CC2)OC1(C)CF. The van der Waals surface area contributed by atoms with Crippen molar-refractivity contribution in [3.63, 3.8) is 0 Å². The second kappa shape index (κ2) is 7.94. The van der Waals surface area contributed by atoms with Crippen LogP contribution in [0.4, 0.5) is 15.8 Å². The van der Waals surface area contributed by atoms with E-state index in [9.17, 15) is 4.39 Å². The Morgan fingerprint density at radius 3 is 2.20 bits per heavy atom. The minimum atomic E-state index is -0.973. The Balaban J connectivity index is 1.49. The number of nitriles is 1. The number of piperazine rings is 1. The van der Waals surface area contributed by atoms with E-state index < -0.39 is 25.0 Å². The average molecular weight is 407 g/mol. The number of nitrogens with zero attached hydrogens (tertiary/aromatic N) is 3. The Kier molecular flexibility index (Phi) is 5.48. The van der Waals surface area contributed by atoms with E-state index in [4.69, 9.17) is 14.6 Å². The van der Waals surface area contributed by atoms with E-state index in [0.29, 0.717) is 5.56 Å².